The summed E-state index contributed by atoms with van der Waals surface area (Å²) in [5.74, 6) is 0.889. The van der Waals surface area contributed by atoms with Gasteiger partial charge in [-0.1, -0.05) is 18.2 Å². The largest absolute Gasteiger partial charge is 0.379 e. The standard InChI is InChI=1S/C21H32N6O.HI/c1-17(26-10-11-28-16-18(26)2)12-23-21(22-3)25(4)14-19-13-24-27(15-19)20-8-6-5-7-9-20;/h5-9,13,15,17-18H,10-12,14,16H2,1-4H3,(H,22,23);1H. The Labute approximate surface area is 191 Å². The van der Waals surface area contributed by atoms with Crippen molar-refractivity contribution in [2.24, 2.45) is 4.99 Å². The molecule has 0 bridgehead atoms. The molecule has 1 saturated heterocycles. The Bertz CT molecular complexity index is 766. The van der Waals surface area contributed by atoms with Gasteiger partial charge in [0.2, 0.25) is 0 Å². The monoisotopic (exact) mass is 512 g/mol. The number of guanidine groups is 1. The highest BCUT2D eigenvalue weighted by atomic mass is 127. The van der Waals surface area contributed by atoms with Crippen molar-refractivity contribution < 1.29 is 4.74 Å². The van der Waals surface area contributed by atoms with Crippen LogP contribution in [-0.2, 0) is 11.3 Å². The number of halogens is 1. The molecule has 0 saturated carbocycles. The highest BCUT2D eigenvalue weighted by Crippen LogP contribution is 2.11. The van der Waals surface area contributed by atoms with Crippen LogP contribution in [0.5, 0.6) is 0 Å². The molecule has 1 aromatic carbocycles. The molecule has 7 nitrogen and oxygen atoms in total. The fraction of sp³-hybridized carbons (Fsp3) is 0.524. The summed E-state index contributed by atoms with van der Waals surface area (Å²) >= 11 is 0. The maximum atomic E-state index is 5.55. The van der Waals surface area contributed by atoms with Crippen LogP contribution in [0.3, 0.4) is 0 Å². The predicted molar refractivity (Wildman–Crippen MR) is 128 cm³/mol. The van der Waals surface area contributed by atoms with Crippen LogP contribution in [-0.4, -0.2) is 78.0 Å². The first kappa shape index (κ1) is 23.6. The third-order valence-electron chi connectivity index (χ3n) is 5.19. The summed E-state index contributed by atoms with van der Waals surface area (Å²) in [6, 6.07) is 11.0. The van der Waals surface area contributed by atoms with Gasteiger partial charge in [-0.05, 0) is 26.0 Å². The van der Waals surface area contributed by atoms with E-state index in [4.69, 9.17) is 4.74 Å². The van der Waals surface area contributed by atoms with Crippen LogP contribution in [0.1, 0.15) is 19.4 Å². The first-order chi connectivity index (χ1) is 13.6. The second-order valence-electron chi connectivity index (χ2n) is 7.42. The Morgan fingerprint density at radius 3 is 2.83 bits per heavy atom. The summed E-state index contributed by atoms with van der Waals surface area (Å²) in [6.07, 6.45) is 3.98. The van der Waals surface area contributed by atoms with E-state index in [0.29, 0.717) is 12.1 Å². The van der Waals surface area contributed by atoms with Gasteiger partial charge in [-0.25, -0.2) is 4.68 Å². The van der Waals surface area contributed by atoms with Crippen molar-refractivity contribution in [2.75, 3.05) is 40.4 Å². The van der Waals surface area contributed by atoms with Gasteiger partial charge in [0.15, 0.2) is 5.96 Å². The summed E-state index contributed by atoms with van der Waals surface area (Å²) < 4.78 is 7.45. The number of aliphatic imine (C=N–C) groups is 1. The van der Waals surface area contributed by atoms with Crippen LogP contribution in [0.15, 0.2) is 47.7 Å². The fourth-order valence-electron chi connectivity index (χ4n) is 3.65. The number of benzene rings is 1. The number of nitrogens with zero attached hydrogens (tertiary/aromatic N) is 5. The number of nitrogens with one attached hydrogen (secondary N) is 1. The number of morpholine rings is 1. The molecule has 29 heavy (non-hydrogen) atoms. The van der Waals surface area contributed by atoms with E-state index in [1.165, 1.54) is 0 Å². The van der Waals surface area contributed by atoms with Crippen molar-refractivity contribution in [3.8, 4) is 5.69 Å². The van der Waals surface area contributed by atoms with E-state index in [9.17, 15) is 0 Å². The van der Waals surface area contributed by atoms with Gasteiger partial charge in [-0.15, -0.1) is 24.0 Å². The molecule has 1 aliphatic heterocycles. The minimum absolute atomic E-state index is 0. The maximum absolute atomic E-state index is 5.55. The summed E-state index contributed by atoms with van der Waals surface area (Å²) in [4.78, 5) is 9.07. The smallest absolute Gasteiger partial charge is 0.193 e. The number of aromatic nitrogens is 2. The Morgan fingerprint density at radius 2 is 2.14 bits per heavy atom. The van der Waals surface area contributed by atoms with Crippen LogP contribution >= 0.6 is 24.0 Å². The lowest BCUT2D eigenvalue weighted by atomic mass is 10.2. The maximum Gasteiger partial charge on any atom is 0.193 e. The Hall–Kier alpha value is -1.65. The Kier molecular flexibility index (Phi) is 9.38. The van der Waals surface area contributed by atoms with E-state index >= 15 is 0 Å². The lowest BCUT2D eigenvalue weighted by Gasteiger charge is -2.38. The zero-order valence-corrected chi connectivity index (χ0v) is 20.1. The molecule has 0 aliphatic carbocycles. The summed E-state index contributed by atoms with van der Waals surface area (Å²) in [5.41, 5.74) is 2.21. The van der Waals surface area contributed by atoms with Gasteiger partial charge in [-0.2, -0.15) is 5.10 Å². The third-order valence-corrected chi connectivity index (χ3v) is 5.19. The van der Waals surface area contributed by atoms with Crippen molar-refractivity contribution in [2.45, 2.75) is 32.5 Å². The molecule has 0 radical (unpaired) electrons. The molecule has 160 valence electrons. The molecule has 2 atom stereocenters. The molecular weight excluding hydrogens is 479 g/mol. The zero-order chi connectivity index (χ0) is 19.9. The quantitative estimate of drug-likeness (QED) is 0.367. The van der Waals surface area contributed by atoms with Gasteiger partial charge < -0.3 is 15.0 Å². The highest BCUT2D eigenvalue weighted by molar-refractivity contribution is 14.0. The molecule has 0 spiro atoms. The number of rotatable bonds is 6. The Balaban J connectivity index is 0.00000300. The summed E-state index contributed by atoms with van der Waals surface area (Å²) in [6.45, 7) is 8.68. The predicted octanol–water partition coefficient (Wildman–Crippen LogP) is 2.61. The molecule has 0 amide bonds. The highest BCUT2D eigenvalue weighted by Gasteiger charge is 2.23. The normalized spacial score (nSPS) is 18.8. The van der Waals surface area contributed by atoms with E-state index in [1.807, 2.05) is 36.1 Å². The number of ether oxygens (including phenoxy) is 1. The van der Waals surface area contributed by atoms with Gasteiger partial charge in [0, 0.05) is 57.6 Å². The van der Waals surface area contributed by atoms with Gasteiger partial charge in [0.05, 0.1) is 25.1 Å². The second kappa shape index (κ2) is 11.5. The molecule has 2 aromatic rings. The molecule has 1 aromatic heterocycles. The fourth-order valence-corrected chi connectivity index (χ4v) is 3.65. The topological polar surface area (TPSA) is 57.9 Å². The molecule has 8 heteroatoms. The van der Waals surface area contributed by atoms with E-state index < -0.39 is 0 Å². The van der Waals surface area contributed by atoms with Crippen LogP contribution in [0.4, 0.5) is 0 Å². The van der Waals surface area contributed by atoms with Crippen molar-refractivity contribution >= 4 is 29.9 Å². The number of hydrogen-bond donors (Lipinski definition) is 1. The van der Waals surface area contributed by atoms with Crippen molar-refractivity contribution in [3.05, 3.63) is 48.3 Å². The Morgan fingerprint density at radius 1 is 1.38 bits per heavy atom. The van der Waals surface area contributed by atoms with Gasteiger partial charge in [0.25, 0.3) is 0 Å². The van der Waals surface area contributed by atoms with E-state index in [-0.39, 0.29) is 24.0 Å². The van der Waals surface area contributed by atoms with Crippen molar-refractivity contribution in [3.63, 3.8) is 0 Å². The molecule has 1 N–H and O–H groups in total. The van der Waals surface area contributed by atoms with Gasteiger partial charge in [0.1, 0.15) is 0 Å². The second-order valence-corrected chi connectivity index (χ2v) is 7.42. The zero-order valence-electron chi connectivity index (χ0n) is 17.8. The number of hydrogen-bond acceptors (Lipinski definition) is 4. The van der Waals surface area contributed by atoms with E-state index in [0.717, 1.165) is 50.1 Å². The average Bonchev–Trinajstić information content (AvgIpc) is 3.18. The summed E-state index contributed by atoms with van der Waals surface area (Å²) in [7, 11) is 3.88. The van der Waals surface area contributed by atoms with E-state index in [1.54, 1.807) is 0 Å². The summed E-state index contributed by atoms with van der Waals surface area (Å²) in [5, 5.41) is 7.99. The van der Waals surface area contributed by atoms with E-state index in [2.05, 4.69) is 64.4 Å². The first-order valence-electron chi connectivity index (χ1n) is 9.92. The molecule has 3 rings (SSSR count). The minimum Gasteiger partial charge on any atom is -0.379 e. The SMILES string of the molecule is CN=C(NCC(C)N1CCOCC1C)N(C)Cc1cnn(-c2ccccc2)c1.I. The van der Waals surface area contributed by atoms with Crippen molar-refractivity contribution in [1.82, 2.24) is 24.9 Å². The van der Waals surface area contributed by atoms with Crippen LogP contribution in [0, 0.1) is 0 Å². The lowest BCUT2D eigenvalue weighted by molar-refractivity contribution is -0.0175. The first-order valence-corrected chi connectivity index (χ1v) is 9.92. The van der Waals surface area contributed by atoms with Crippen molar-refractivity contribution in [1.29, 1.82) is 0 Å². The van der Waals surface area contributed by atoms with Crippen LogP contribution < -0.4 is 5.32 Å². The molecular formula is C21H33IN6O. The van der Waals surface area contributed by atoms with Gasteiger partial charge >= 0.3 is 0 Å². The third kappa shape index (κ3) is 6.42. The van der Waals surface area contributed by atoms with Crippen LogP contribution in [0.2, 0.25) is 0 Å². The van der Waals surface area contributed by atoms with Crippen LogP contribution in [0.25, 0.3) is 5.69 Å². The number of para-hydroxylation sites is 1. The molecule has 1 fully saturated rings. The average molecular weight is 512 g/mol. The molecule has 2 heterocycles. The molecule has 2 unspecified atom stereocenters. The molecule has 1 aliphatic rings. The minimum atomic E-state index is 0. The van der Waals surface area contributed by atoms with Gasteiger partial charge in [-0.3, -0.25) is 9.89 Å². The lowest BCUT2D eigenvalue weighted by Crippen LogP contribution is -2.53.